The summed E-state index contributed by atoms with van der Waals surface area (Å²) in [4.78, 5) is 15.0. The molecule has 25 heavy (non-hydrogen) atoms. The van der Waals surface area contributed by atoms with Crippen LogP contribution < -0.4 is 5.32 Å². The van der Waals surface area contributed by atoms with E-state index in [0.717, 1.165) is 57.6 Å². The summed E-state index contributed by atoms with van der Waals surface area (Å²) in [7, 11) is 0. The normalized spacial score (nSPS) is 23.5. The molecule has 0 aromatic carbocycles. The summed E-state index contributed by atoms with van der Waals surface area (Å²) in [6, 6.07) is 0.365. The monoisotopic (exact) mass is 347 g/mol. The molecule has 1 unspecified atom stereocenters. The van der Waals surface area contributed by atoms with Crippen LogP contribution in [0.2, 0.25) is 0 Å². The summed E-state index contributed by atoms with van der Waals surface area (Å²) < 4.78 is 1.98. The number of rotatable bonds is 2. The molecule has 1 amide bonds. The number of likely N-dealkylation sites (tertiary alicyclic amines) is 1. The molecule has 2 saturated heterocycles. The zero-order chi connectivity index (χ0) is 18.0. The molecule has 0 aliphatic carbocycles. The van der Waals surface area contributed by atoms with E-state index in [4.69, 9.17) is 0 Å². The van der Waals surface area contributed by atoms with Crippen LogP contribution in [0, 0.1) is 18.3 Å². The van der Waals surface area contributed by atoms with Crippen molar-refractivity contribution in [1.29, 1.82) is 0 Å². The number of nitrogens with zero attached hydrogens (tertiary/aromatic N) is 4. The third kappa shape index (κ3) is 4.05. The molecule has 1 aromatic rings. The molecular formula is C19H33N5O. The van der Waals surface area contributed by atoms with Gasteiger partial charge in [0.15, 0.2) is 5.69 Å². The van der Waals surface area contributed by atoms with Crippen LogP contribution in [0.1, 0.15) is 75.1 Å². The highest BCUT2D eigenvalue weighted by atomic mass is 16.2. The van der Waals surface area contributed by atoms with E-state index >= 15 is 0 Å². The minimum atomic E-state index is 0.0623. The average molecular weight is 348 g/mol. The smallest absolute Gasteiger partial charge is 0.276 e. The van der Waals surface area contributed by atoms with Crippen LogP contribution in [0.3, 0.4) is 0 Å². The maximum absolute atomic E-state index is 13.0. The molecule has 140 valence electrons. The Hall–Kier alpha value is -1.43. The Labute approximate surface area is 151 Å². The van der Waals surface area contributed by atoms with Crippen LogP contribution in [0.5, 0.6) is 0 Å². The van der Waals surface area contributed by atoms with Gasteiger partial charge in [0.1, 0.15) is 0 Å². The maximum Gasteiger partial charge on any atom is 0.276 e. The van der Waals surface area contributed by atoms with Gasteiger partial charge in [0.2, 0.25) is 0 Å². The van der Waals surface area contributed by atoms with E-state index in [9.17, 15) is 4.79 Å². The Morgan fingerprint density at radius 1 is 1.12 bits per heavy atom. The minimum Gasteiger partial charge on any atom is -0.337 e. The van der Waals surface area contributed by atoms with Crippen molar-refractivity contribution >= 4 is 5.91 Å². The molecule has 1 aromatic heterocycles. The van der Waals surface area contributed by atoms with Gasteiger partial charge in [-0.1, -0.05) is 26.0 Å². The van der Waals surface area contributed by atoms with E-state index in [1.165, 1.54) is 6.42 Å². The molecular weight excluding hydrogens is 314 g/mol. The number of amides is 1. The standard InChI is InChI=1S/C19H33N5O/c1-14-17(21-22-24(14)16-7-10-20-11-8-16)18(25)23-12-5-6-15(9-13-23)19(2,3)4/h15-16,20H,5-13H2,1-4H3. The molecule has 1 atom stereocenters. The minimum absolute atomic E-state index is 0.0623. The summed E-state index contributed by atoms with van der Waals surface area (Å²) in [6.45, 7) is 12.6. The Bertz CT molecular complexity index is 597. The first-order valence-corrected chi connectivity index (χ1v) is 9.79. The van der Waals surface area contributed by atoms with Crippen LogP contribution in [-0.4, -0.2) is 52.0 Å². The number of carbonyl (C=O) groups excluding carboxylic acids is 1. The highest BCUT2D eigenvalue weighted by Gasteiger charge is 2.31. The summed E-state index contributed by atoms with van der Waals surface area (Å²) in [5, 5.41) is 12.0. The summed E-state index contributed by atoms with van der Waals surface area (Å²) in [5.41, 5.74) is 1.79. The quantitative estimate of drug-likeness (QED) is 0.893. The van der Waals surface area contributed by atoms with Crippen LogP contribution >= 0.6 is 0 Å². The van der Waals surface area contributed by atoms with Crippen molar-refractivity contribution in [3.05, 3.63) is 11.4 Å². The first kappa shape index (κ1) is 18.4. The first-order chi connectivity index (χ1) is 11.9. The Balaban J connectivity index is 1.70. The SMILES string of the molecule is Cc1c(C(=O)N2CCCC(C(C)(C)C)CC2)nnn1C1CCNCC1. The molecule has 0 bridgehead atoms. The number of nitrogens with one attached hydrogen (secondary N) is 1. The van der Waals surface area contributed by atoms with Crippen molar-refractivity contribution in [2.45, 2.75) is 65.8 Å². The van der Waals surface area contributed by atoms with E-state index in [0.29, 0.717) is 23.1 Å². The van der Waals surface area contributed by atoms with Gasteiger partial charge in [0.05, 0.1) is 11.7 Å². The number of piperidine rings is 1. The molecule has 2 fully saturated rings. The van der Waals surface area contributed by atoms with Crippen LogP contribution in [0.25, 0.3) is 0 Å². The Kier molecular flexibility index (Phi) is 5.46. The molecule has 6 nitrogen and oxygen atoms in total. The predicted octanol–water partition coefficient (Wildman–Crippen LogP) is 2.80. The van der Waals surface area contributed by atoms with Crippen molar-refractivity contribution in [2.75, 3.05) is 26.2 Å². The molecule has 6 heteroatoms. The molecule has 2 aliphatic heterocycles. The van der Waals surface area contributed by atoms with Crippen LogP contribution in [0.15, 0.2) is 0 Å². The molecule has 0 radical (unpaired) electrons. The van der Waals surface area contributed by atoms with Gasteiger partial charge < -0.3 is 10.2 Å². The Morgan fingerprint density at radius 2 is 1.84 bits per heavy atom. The largest absolute Gasteiger partial charge is 0.337 e. The van der Waals surface area contributed by atoms with Crippen molar-refractivity contribution in [3.8, 4) is 0 Å². The lowest BCUT2D eigenvalue weighted by atomic mass is 9.77. The molecule has 0 saturated carbocycles. The van der Waals surface area contributed by atoms with Crippen molar-refractivity contribution in [1.82, 2.24) is 25.2 Å². The molecule has 3 rings (SSSR count). The van der Waals surface area contributed by atoms with E-state index in [1.54, 1.807) is 0 Å². The topological polar surface area (TPSA) is 63.1 Å². The van der Waals surface area contributed by atoms with Gasteiger partial charge in [-0.05, 0) is 63.5 Å². The van der Waals surface area contributed by atoms with Gasteiger partial charge >= 0.3 is 0 Å². The van der Waals surface area contributed by atoms with Gasteiger partial charge in [-0.2, -0.15) is 0 Å². The second kappa shape index (κ2) is 7.44. The van der Waals surface area contributed by atoms with Crippen molar-refractivity contribution in [2.24, 2.45) is 11.3 Å². The lowest BCUT2D eigenvalue weighted by Crippen LogP contribution is -2.33. The predicted molar refractivity (Wildman–Crippen MR) is 98.6 cm³/mol. The number of hydrogen-bond acceptors (Lipinski definition) is 4. The fraction of sp³-hybridized carbons (Fsp3) is 0.842. The maximum atomic E-state index is 13.0. The van der Waals surface area contributed by atoms with E-state index < -0.39 is 0 Å². The fourth-order valence-electron chi connectivity index (χ4n) is 4.25. The lowest BCUT2D eigenvalue weighted by Gasteiger charge is -2.29. The van der Waals surface area contributed by atoms with E-state index in [-0.39, 0.29) is 5.91 Å². The highest BCUT2D eigenvalue weighted by Crippen LogP contribution is 2.34. The highest BCUT2D eigenvalue weighted by molar-refractivity contribution is 5.93. The van der Waals surface area contributed by atoms with Crippen molar-refractivity contribution < 1.29 is 4.79 Å². The van der Waals surface area contributed by atoms with Crippen molar-refractivity contribution in [3.63, 3.8) is 0 Å². The van der Waals surface area contributed by atoms with E-state index in [1.807, 2.05) is 16.5 Å². The second-order valence-electron chi connectivity index (χ2n) is 8.74. The van der Waals surface area contributed by atoms with Gasteiger partial charge in [-0.3, -0.25) is 4.79 Å². The summed E-state index contributed by atoms with van der Waals surface area (Å²) in [6.07, 6.45) is 5.46. The lowest BCUT2D eigenvalue weighted by molar-refractivity contribution is 0.0749. The van der Waals surface area contributed by atoms with E-state index in [2.05, 4.69) is 36.4 Å². The van der Waals surface area contributed by atoms with Gasteiger partial charge in [0, 0.05) is 13.1 Å². The molecule has 1 N–H and O–H groups in total. The number of hydrogen-bond donors (Lipinski definition) is 1. The van der Waals surface area contributed by atoms with Gasteiger partial charge in [-0.15, -0.1) is 5.10 Å². The van der Waals surface area contributed by atoms with Crippen LogP contribution in [-0.2, 0) is 0 Å². The molecule has 3 heterocycles. The third-order valence-electron chi connectivity index (χ3n) is 6.02. The number of carbonyl (C=O) groups is 1. The molecule has 2 aliphatic rings. The summed E-state index contributed by atoms with van der Waals surface area (Å²) in [5.74, 6) is 0.740. The Morgan fingerprint density at radius 3 is 2.52 bits per heavy atom. The number of aromatic nitrogens is 3. The average Bonchev–Trinajstić information content (AvgIpc) is 2.80. The van der Waals surface area contributed by atoms with Gasteiger partial charge in [-0.25, -0.2) is 4.68 Å². The first-order valence-electron chi connectivity index (χ1n) is 9.79. The fourth-order valence-corrected chi connectivity index (χ4v) is 4.25. The zero-order valence-electron chi connectivity index (χ0n) is 16.2. The third-order valence-corrected chi connectivity index (χ3v) is 6.02. The zero-order valence-corrected chi connectivity index (χ0v) is 16.2. The second-order valence-corrected chi connectivity index (χ2v) is 8.74. The van der Waals surface area contributed by atoms with Crippen LogP contribution in [0.4, 0.5) is 0 Å². The summed E-state index contributed by atoms with van der Waals surface area (Å²) >= 11 is 0. The van der Waals surface area contributed by atoms with Gasteiger partial charge in [0.25, 0.3) is 5.91 Å². The molecule has 0 spiro atoms.